The van der Waals surface area contributed by atoms with Gasteiger partial charge in [-0.2, -0.15) is 0 Å². The van der Waals surface area contributed by atoms with Gasteiger partial charge in [-0.15, -0.1) is 0 Å². The Morgan fingerprint density at radius 1 is 0.923 bits per heavy atom. The van der Waals surface area contributed by atoms with Crippen LogP contribution in [0.25, 0.3) is 0 Å². The first-order chi connectivity index (χ1) is 12.4. The van der Waals surface area contributed by atoms with Crippen LogP contribution in [0, 0.1) is 25.5 Å². The molecule has 1 fully saturated rings. The van der Waals surface area contributed by atoms with Crippen LogP contribution in [0.4, 0.5) is 8.78 Å². The van der Waals surface area contributed by atoms with E-state index in [9.17, 15) is 18.4 Å². The van der Waals surface area contributed by atoms with Crippen LogP contribution in [0.5, 0.6) is 0 Å². The summed E-state index contributed by atoms with van der Waals surface area (Å²) in [6.45, 7) is 5.37. The molecule has 1 aromatic carbocycles. The van der Waals surface area contributed by atoms with Gasteiger partial charge in [0, 0.05) is 43.6 Å². The van der Waals surface area contributed by atoms with Gasteiger partial charge in [-0.25, -0.2) is 8.78 Å². The lowest BCUT2D eigenvalue weighted by molar-refractivity contribution is 0.0715. The molecule has 26 heavy (non-hydrogen) atoms. The van der Waals surface area contributed by atoms with Gasteiger partial charge in [0.15, 0.2) is 0 Å². The van der Waals surface area contributed by atoms with Gasteiger partial charge in [-0.05, 0) is 38.5 Å². The SMILES string of the molecule is Cc1cc(C(=O)N2CCCN(C(=O)c3ccc(F)cc3F)CC2)c(C)[nH]1. The minimum Gasteiger partial charge on any atom is -0.362 e. The van der Waals surface area contributed by atoms with E-state index in [2.05, 4.69) is 4.98 Å². The number of nitrogens with one attached hydrogen (secondary N) is 1. The van der Waals surface area contributed by atoms with E-state index >= 15 is 0 Å². The van der Waals surface area contributed by atoms with Gasteiger partial charge in [-0.1, -0.05) is 0 Å². The third-order valence-corrected chi connectivity index (χ3v) is 4.61. The van der Waals surface area contributed by atoms with Crippen LogP contribution in [-0.2, 0) is 0 Å². The number of aryl methyl sites for hydroxylation is 2. The molecule has 5 nitrogen and oxygen atoms in total. The molecule has 1 aromatic heterocycles. The molecule has 0 unspecified atom stereocenters. The number of carbonyl (C=O) groups excluding carboxylic acids is 2. The van der Waals surface area contributed by atoms with Crippen molar-refractivity contribution in [3.8, 4) is 0 Å². The average Bonchev–Trinajstić information content (AvgIpc) is 2.80. The van der Waals surface area contributed by atoms with E-state index in [0.29, 0.717) is 44.2 Å². The zero-order valence-electron chi connectivity index (χ0n) is 14.8. The van der Waals surface area contributed by atoms with Gasteiger partial charge < -0.3 is 14.8 Å². The number of H-pyrrole nitrogens is 1. The number of aromatic amines is 1. The summed E-state index contributed by atoms with van der Waals surface area (Å²) in [6, 6.07) is 4.75. The topological polar surface area (TPSA) is 56.4 Å². The van der Waals surface area contributed by atoms with Crippen LogP contribution in [0.2, 0.25) is 0 Å². The molecule has 0 bridgehead atoms. The molecule has 0 saturated carbocycles. The number of nitrogens with zero attached hydrogens (tertiary/aromatic N) is 2. The molecule has 1 aliphatic rings. The lowest BCUT2D eigenvalue weighted by Crippen LogP contribution is -2.37. The summed E-state index contributed by atoms with van der Waals surface area (Å²) in [4.78, 5) is 31.6. The van der Waals surface area contributed by atoms with Crippen molar-refractivity contribution >= 4 is 11.8 Å². The van der Waals surface area contributed by atoms with Crippen LogP contribution in [0.1, 0.15) is 38.5 Å². The molecule has 3 rings (SSSR count). The second-order valence-electron chi connectivity index (χ2n) is 6.55. The molecular weight excluding hydrogens is 340 g/mol. The highest BCUT2D eigenvalue weighted by atomic mass is 19.1. The standard InChI is InChI=1S/C19H21F2N3O2/c1-12-10-16(13(2)22-12)19(26)24-7-3-6-23(8-9-24)18(25)15-5-4-14(20)11-17(15)21/h4-5,10-11,22H,3,6-9H2,1-2H3. The van der Waals surface area contributed by atoms with Crippen LogP contribution in [0.3, 0.4) is 0 Å². The number of aromatic nitrogens is 1. The highest BCUT2D eigenvalue weighted by Crippen LogP contribution is 2.17. The number of hydrogen-bond donors (Lipinski definition) is 1. The van der Waals surface area contributed by atoms with Crippen LogP contribution >= 0.6 is 0 Å². The average molecular weight is 361 g/mol. The van der Waals surface area contributed by atoms with Crippen molar-refractivity contribution in [3.05, 3.63) is 58.4 Å². The first-order valence-corrected chi connectivity index (χ1v) is 8.56. The molecule has 0 atom stereocenters. The number of rotatable bonds is 2. The summed E-state index contributed by atoms with van der Waals surface area (Å²) in [5.41, 5.74) is 2.22. The Labute approximate surface area is 150 Å². The Hall–Kier alpha value is -2.70. The van der Waals surface area contributed by atoms with Crippen molar-refractivity contribution in [2.24, 2.45) is 0 Å². The molecule has 2 heterocycles. The smallest absolute Gasteiger partial charge is 0.256 e. The van der Waals surface area contributed by atoms with Gasteiger partial charge in [0.2, 0.25) is 0 Å². The van der Waals surface area contributed by atoms with Crippen molar-refractivity contribution in [1.29, 1.82) is 0 Å². The van der Waals surface area contributed by atoms with Crippen LogP contribution < -0.4 is 0 Å². The fourth-order valence-corrected chi connectivity index (χ4v) is 3.27. The van der Waals surface area contributed by atoms with Gasteiger partial charge in [0.25, 0.3) is 11.8 Å². The maximum atomic E-state index is 13.9. The molecule has 1 N–H and O–H groups in total. The predicted octanol–water partition coefficient (Wildman–Crippen LogP) is 2.90. The summed E-state index contributed by atoms with van der Waals surface area (Å²) in [6.07, 6.45) is 0.600. The summed E-state index contributed by atoms with van der Waals surface area (Å²) in [7, 11) is 0. The third kappa shape index (κ3) is 3.61. The Kier molecular flexibility index (Phi) is 5.06. The lowest BCUT2D eigenvalue weighted by Gasteiger charge is -2.22. The Balaban J connectivity index is 1.71. The maximum Gasteiger partial charge on any atom is 0.256 e. The maximum absolute atomic E-state index is 13.9. The Bertz CT molecular complexity index is 847. The first kappa shape index (κ1) is 18.1. The minimum atomic E-state index is -0.870. The molecule has 0 spiro atoms. The normalized spacial score (nSPS) is 15.1. The number of carbonyl (C=O) groups is 2. The first-order valence-electron chi connectivity index (χ1n) is 8.56. The number of amides is 2. The van der Waals surface area contributed by atoms with E-state index in [1.54, 1.807) is 4.90 Å². The van der Waals surface area contributed by atoms with Gasteiger partial charge >= 0.3 is 0 Å². The highest BCUT2D eigenvalue weighted by Gasteiger charge is 2.26. The molecule has 7 heteroatoms. The summed E-state index contributed by atoms with van der Waals surface area (Å²) in [5, 5.41) is 0. The minimum absolute atomic E-state index is 0.0749. The third-order valence-electron chi connectivity index (χ3n) is 4.61. The molecule has 1 saturated heterocycles. The fourth-order valence-electron chi connectivity index (χ4n) is 3.27. The Morgan fingerprint density at radius 2 is 1.54 bits per heavy atom. The van der Waals surface area contributed by atoms with Crippen molar-refractivity contribution in [2.45, 2.75) is 20.3 Å². The molecule has 2 aromatic rings. The summed E-state index contributed by atoms with van der Waals surface area (Å²) < 4.78 is 26.9. The number of hydrogen-bond acceptors (Lipinski definition) is 2. The van der Waals surface area contributed by atoms with E-state index in [4.69, 9.17) is 0 Å². The Morgan fingerprint density at radius 3 is 2.08 bits per heavy atom. The van der Waals surface area contributed by atoms with E-state index in [-0.39, 0.29) is 11.5 Å². The number of halogens is 2. The van der Waals surface area contributed by atoms with Crippen molar-refractivity contribution in [3.63, 3.8) is 0 Å². The zero-order chi connectivity index (χ0) is 18.8. The molecule has 0 aliphatic carbocycles. The monoisotopic (exact) mass is 361 g/mol. The number of benzene rings is 1. The van der Waals surface area contributed by atoms with Crippen LogP contribution in [-0.4, -0.2) is 52.8 Å². The molecule has 138 valence electrons. The second kappa shape index (κ2) is 7.27. The predicted molar refractivity (Wildman–Crippen MR) is 93.0 cm³/mol. The molecule has 0 radical (unpaired) electrons. The molecular formula is C19H21F2N3O2. The second-order valence-corrected chi connectivity index (χ2v) is 6.55. The van der Waals surface area contributed by atoms with E-state index in [1.165, 1.54) is 4.90 Å². The van der Waals surface area contributed by atoms with E-state index in [0.717, 1.165) is 23.5 Å². The van der Waals surface area contributed by atoms with Crippen LogP contribution in [0.15, 0.2) is 24.3 Å². The van der Waals surface area contributed by atoms with Crippen molar-refractivity contribution in [2.75, 3.05) is 26.2 Å². The summed E-state index contributed by atoms with van der Waals surface area (Å²) in [5.74, 6) is -2.14. The van der Waals surface area contributed by atoms with Crippen molar-refractivity contribution in [1.82, 2.24) is 14.8 Å². The summed E-state index contributed by atoms with van der Waals surface area (Å²) >= 11 is 0. The van der Waals surface area contributed by atoms with Gasteiger partial charge in [0.1, 0.15) is 11.6 Å². The molecule has 2 amide bonds. The zero-order valence-corrected chi connectivity index (χ0v) is 14.8. The van der Waals surface area contributed by atoms with E-state index < -0.39 is 17.5 Å². The van der Waals surface area contributed by atoms with Gasteiger partial charge in [0.05, 0.1) is 11.1 Å². The largest absolute Gasteiger partial charge is 0.362 e. The van der Waals surface area contributed by atoms with Crippen molar-refractivity contribution < 1.29 is 18.4 Å². The molecule has 1 aliphatic heterocycles. The lowest BCUT2D eigenvalue weighted by atomic mass is 10.1. The fraction of sp³-hybridized carbons (Fsp3) is 0.368. The van der Waals surface area contributed by atoms with E-state index in [1.807, 2.05) is 19.9 Å². The quantitative estimate of drug-likeness (QED) is 0.894. The van der Waals surface area contributed by atoms with Gasteiger partial charge in [-0.3, -0.25) is 9.59 Å². The highest BCUT2D eigenvalue weighted by molar-refractivity contribution is 5.96.